The second kappa shape index (κ2) is 9.48. The molecule has 1 heterocycles. The smallest absolute Gasteiger partial charge is 0.321 e. The molecular formula is C18H23N3O5S. The number of piperidine rings is 1. The van der Waals surface area contributed by atoms with E-state index in [1.807, 2.05) is 6.92 Å². The summed E-state index contributed by atoms with van der Waals surface area (Å²) in [6.45, 7) is 1.63. The first-order valence-electron chi connectivity index (χ1n) is 8.83. The van der Waals surface area contributed by atoms with E-state index in [1.165, 1.54) is 18.2 Å². The lowest BCUT2D eigenvalue weighted by Crippen LogP contribution is -2.45. The number of esters is 1. The maximum atomic E-state index is 12.3. The van der Waals surface area contributed by atoms with Crippen molar-refractivity contribution in [3.8, 4) is 6.07 Å². The van der Waals surface area contributed by atoms with Crippen LogP contribution in [0.5, 0.6) is 0 Å². The maximum Gasteiger partial charge on any atom is 0.321 e. The van der Waals surface area contributed by atoms with Crippen LogP contribution in [0.2, 0.25) is 0 Å². The Labute approximate surface area is 159 Å². The molecule has 0 bridgehead atoms. The Balaban J connectivity index is 1.87. The average molecular weight is 393 g/mol. The number of nitrogens with zero attached hydrogens (tertiary/aromatic N) is 2. The van der Waals surface area contributed by atoms with E-state index in [0.29, 0.717) is 6.54 Å². The highest BCUT2D eigenvalue weighted by Crippen LogP contribution is 2.19. The van der Waals surface area contributed by atoms with Crippen molar-refractivity contribution < 1.29 is 22.7 Å². The van der Waals surface area contributed by atoms with Gasteiger partial charge in [-0.1, -0.05) is 19.1 Å². The molecule has 0 saturated carbocycles. The number of ether oxygens (including phenoxy) is 1. The second-order valence-corrected chi connectivity index (χ2v) is 7.97. The number of nitriles is 1. The Hall–Kier alpha value is -2.44. The Morgan fingerprint density at radius 1 is 1.33 bits per heavy atom. The second-order valence-electron chi connectivity index (χ2n) is 6.24. The van der Waals surface area contributed by atoms with E-state index in [-0.39, 0.29) is 22.4 Å². The fraction of sp³-hybridized carbons (Fsp3) is 0.500. The number of benzene rings is 1. The van der Waals surface area contributed by atoms with Crippen molar-refractivity contribution in [2.24, 2.45) is 0 Å². The van der Waals surface area contributed by atoms with Crippen molar-refractivity contribution >= 4 is 21.9 Å². The molecule has 146 valence electrons. The third-order valence-electron chi connectivity index (χ3n) is 4.48. The van der Waals surface area contributed by atoms with Gasteiger partial charge in [-0.2, -0.15) is 9.98 Å². The van der Waals surface area contributed by atoms with Crippen molar-refractivity contribution in [2.75, 3.05) is 19.7 Å². The summed E-state index contributed by atoms with van der Waals surface area (Å²) in [5.74, 6) is -1.13. The van der Waals surface area contributed by atoms with Crippen LogP contribution in [0.15, 0.2) is 29.2 Å². The van der Waals surface area contributed by atoms with Gasteiger partial charge in [-0.3, -0.25) is 9.59 Å². The minimum absolute atomic E-state index is 0.0238. The number of hydrogen-bond donors (Lipinski definition) is 1. The van der Waals surface area contributed by atoms with Gasteiger partial charge in [0.2, 0.25) is 10.0 Å². The van der Waals surface area contributed by atoms with Crippen molar-refractivity contribution in [3.05, 3.63) is 29.8 Å². The molecule has 27 heavy (non-hydrogen) atoms. The number of amides is 1. The summed E-state index contributed by atoms with van der Waals surface area (Å²) in [5.41, 5.74) is -0.0238. The third kappa shape index (κ3) is 5.52. The molecular weight excluding hydrogens is 370 g/mol. The van der Waals surface area contributed by atoms with Crippen LogP contribution >= 0.6 is 0 Å². The van der Waals surface area contributed by atoms with Gasteiger partial charge in [-0.15, -0.1) is 0 Å². The monoisotopic (exact) mass is 393 g/mol. The Morgan fingerprint density at radius 3 is 2.78 bits per heavy atom. The van der Waals surface area contributed by atoms with Crippen molar-refractivity contribution in [1.82, 2.24) is 9.62 Å². The molecule has 0 aliphatic carbocycles. The molecule has 1 aromatic carbocycles. The number of hydrogen-bond acceptors (Lipinski definition) is 6. The highest BCUT2D eigenvalue weighted by Gasteiger charge is 2.26. The number of sulfonamides is 1. The van der Waals surface area contributed by atoms with Gasteiger partial charge in [0, 0.05) is 12.6 Å². The van der Waals surface area contributed by atoms with Crippen LogP contribution in [0.4, 0.5) is 0 Å². The molecule has 1 amide bonds. The van der Waals surface area contributed by atoms with Gasteiger partial charge < -0.3 is 9.64 Å². The Bertz CT molecular complexity index is 832. The number of nitrogens with one attached hydrogen (secondary N) is 1. The number of carbonyl (C=O) groups excluding carboxylic acids is 2. The third-order valence-corrected chi connectivity index (χ3v) is 5.94. The zero-order valence-corrected chi connectivity index (χ0v) is 16.0. The number of rotatable bonds is 7. The summed E-state index contributed by atoms with van der Waals surface area (Å²) in [6.07, 6.45) is 3.79. The molecule has 0 radical (unpaired) electrons. The van der Waals surface area contributed by atoms with Gasteiger partial charge in [0.1, 0.15) is 12.6 Å². The van der Waals surface area contributed by atoms with Gasteiger partial charge in [0.15, 0.2) is 6.61 Å². The molecule has 1 fully saturated rings. The van der Waals surface area contributed by atoms with Crippen molar-refractivity contribution in [2.45, 2.75) is 43.5 Å². The zero-order valence-electron chi connectivity index (χ0n) is 15.2. The minimum atomic E-state index is -4.04. The predicted octanol–water partition coefficient (Wildman–Crippen LogP) is 1.17. The maximum absolute atomic E-state index is 12.3. The van der Waals surface area contributed by atoms with Crippen LogP contribution in [0.25, 0.3) is 0 Å². The molecule has 9 heteroatoms. The summed E-state index contributed by atoms with van der Waals surface area (Å²) >= 11 is 0. The highest BCUT2D eigenvalue weighted by atomic mass is 32.2. The van der Waals surface area contributed by atoms with Crippen molar-refractivity contribution in [1.29, 1.82) is 5.26 Å². The van der Waals surface area contributed by atoms with Crippen LogP contribution in [-0.2, 0) is 24.3 Å². The molecule has 1 atom stereocenters. The van der Waals surface area contributed by atoms with E-state index in [4.69, 9.17) is 10.00 Å². The number of likely N-dealkylation sites (tertiary alicyclic amines) is 1. The lowest BCUT2D eigenvalue weighted by atomic mass is 10.00. The number of carbonyl (C=O) groups is 2. The first-order valence-corrected chi connectivity index (χ1v) is 10.3. The summed E-state index contributed by atoms with van der Waals surface area (Å²) in [7, 11) is -4.04. The topological polar surface area (TPSA) is 117 Å². The molecule has 2 rings (SSSR count). The lowest BCUT2D eigenvalue weighted by Gasteiger charge is -2.35. The molecule has 1 aliphatic heterocycles. The zero-order chi connectivity index (χ0) is 19.9. The summed E-state index contributed by atoms with van der Waals surface area (Å²) in [5, 5.41) is 8.99. The molecule has 1 saturated heterocycles. The lowest BCUT2D eigenvalue weighted by molar-refractivity contribution is -0.152. The molecule has 0 spiro atoms. The molecule has 8 nitrogen and oxygen atoms in total. The predicted molar refractivity (Wildman–Crippen MR) is 96.9 cm³/mol. The first-order chi connectivity index (χ1) is 12.9. The van der Waals surface area contributed by atoms with E-state index in [9.17, 15) is 18.0 Å². The fourth-order valence-corrected chi connectivity index (χ4v) is 4.18. The van der Waals surface area contributed by atoms with E-state index in [1.54, 1.807) is 17.0 Å². The van der Waals surface area contributed by atoms with Crippen LogP contribution < -0.4 is 4.72 Å². The summed E-state index contributed by atoms with van der Waals surface area (Å²) < 4.78 is 31.5. The van der Waals surface area contributed by atoms with Crippen LogP contribution in [0.3, 0.4) is 0 Å². The normalized spacial score (nSPS) is 17.2. The molecule has 1 aliphatic rings. The summed E-state index contributed by atoms with van der Waals surface area (Å²) in [6, 6.07) is 7.62. The van der Waals surface area contributed by atoms with Crippen LogP contribution in [-0.4, -0.2) is 50.9 Å². The average Bonchev–Trinajstić information content (AvgIpc) is 2.70. The van der Waals surface area contributed by atoms with Gasteiger partial charge in [0.25, 0.3) is 5.91 Å². The van der Waals surface area contributed by atoms with E-state index < -0.39 is 29.1 Å². The van der Waals surface area contributed by atoms with Crippen LogP contribution in [0.1, 0.15) is 38.2 Å². The summed E-state index contributed by atoms with van der Waals surface area (Å²) in [4.78, 5) is 25.6. The molecule has 0 unspecified atom stereocenters. The molecule has 0 aromatic heterocycles. The Morgan fingerprint density at radius 2 is 2.07 bits per heavy atom. The SMILES string of the molecule is CC[C@H]1CCCCN1C(=O)COC(=O)CNS(=O)(=O)c1ccccc1C#N. The standard InChI is InChI=1S/C18H23N3O5S/c1-2-15-8-5-6-10-21(15)17(22)13-26-18(23)12-20-27(24,25)16-9-4-3-7-14(16)11-19/h3-4,7,9,15,20H,2,5-6,8,10,12-13H2,1H3/t15-/m0/s1. The molecule has 1 aromatic rings. The van der Waals surface area contributed by atoms with Crippen molar-refractivity contribution in [3.63, 3.8) is 0 Å². The highest BCUT2D eigenvalue weighted by molar-refractivity contribution is 7.89. The van der Waals surface area contributed by atoms with Gasteiger partial charge in [-0.25, -0.2) is 8.42 Å². The van der Waals surface area contributed by atoms with E-state index in [0.717, 1.165) is 25.7 Å². The quantitative estimate of drug-likeness (QED) is 0.695. The minimum Gasteiger partial charge on any atom is -0.455 e. The van der Waals surface area contributed by atoms with Gasteiger partial charge >= 0.3 is 5.97 Å². The molecule has 1 N–H and O–H groups in total. The first kappa shape index (κ1) is 20.9. The van der Waals surface area contributed by atoms with Gasteiger partial charge in [0.05, 0.1) is 10.5 Å². The Kier molecular flexibility index (Phi) is 7.33. The van der Waals surface area contributed by atoms with E-state index >= 15 is 0 Å². The fourth-order valence-electron chi connectivity index (χ4n) is 3.05. The largest absolute Gasteiger partial charge is 0.455 e. The van der Waals surface area contributed by atoms with Crippen LogP contribution in [0, 0.1) is 11.3 Å². The van der Waals surface area contributed by atoms with Gasteiger partial charge in [-0.05, 0) is 37.8 Å². The van der Waals surface area contributed by atoms with E-state index in [2.05, 4.69) is 4.72 Å².